The van der Waals surface area contributed by atoms with Crippen LogP contribution < -0.4 is 11.1 Å². The third kappa shape index (κ3) is 3.57. The van der Waals surface area contributed by atoms with E-state index in [-0.39, 0.29) is 11.8 Å². The largest absolute Gasteiger partial charge is 0.399 e. The van der Waals surface area contributed by atoms with Gasteiger partial charge in [0.2, 0.25) is 5.91 Å². The van der Waals surface area contributed by atoms with Gasteiger partial charge in [0.05, 0.1) is 0 Å². The molecule has 1 aromatic rings. The summed E-state index contributed by atoms with van der Waals surface area (Å²) in [7, 11) is 0. The molecule has 1 aromatic carbocycles. The van der Waals surface area contributed by atoms with Crippen LogP contribution in [0.25, 0.3) is 0 Å². The van der Waals surface area contributed by atoms with Crippen molar-refractivity contribution < 1.29 is 4.79 Å². The monoisotopic (exact) mass is 220 g/mol. The molecule has 88 valence electrons. The molecular formula is C13H20N2O. The van der Waals surface area contributed by atoms with Crippen LogP contribution in [0.15, 0.2) is 24.3 Å². The van der Waals surface area contributed by atoms with Gasteiger partial charge in [-0.05, 0) is 30.5 Å². The molecule has 0 radical (unpaired) electrons. The number of benzene rings is 1. The standard InChI is InChI=1S/C13H20N2O/c1-3-11(4-2)13(16)15-9-10-6-5-7-12(14)8-10/h5-8,11H,3-4,9,14H2,1-2H3,(H,15,16). The highest BCUT2D eigenvalue weighted by molar-refractivity contribution is 5.78. The maximum Gasteiger partial charge on any atom is 0.223 e. The summed E-state index contributed by atoms with van der Waals surface area (Å²) in [5.74, 6) is 0.258. The van der Waals surface area contributed by atoms with Crippen LogP contribution in [0.2, 0.25) is 0 Å². The average molecular weight is 220 g/mol. The third-order valence-corrected chi connectivity index (χ3v) is 2.77. The van der Waals surface area contributed by atoms with Gasteiger partial charge in [-0.1, -0.05) is 26.0 Å². The van der Waals surface area contributed by atoms with Gasteiger partial charge in [0, 0.05) is 18.2 Å². The molecule has 3 N–H and O–H groups in total. The lowest BCUT2D eigenvalue weighted by Crippen LogP contribution is -2.29. The second-order valence-electron chi connectivity index (χ2n) is 3.98. The summed E-state index contributed by atoms with van der Waals surface area (Å²) in [4.78, 5) is 11.7. The molecule has 0 aliphatic carbocycles. The van der Waals surface area contributed by atoms with Crippen LogP contribution >= 0.6 is 0 Å². The molecule has 16 heavy (non-hydrogen) atoms. The molecule has 0 spiro atoms. The fourth-order valence-electron chi connectivity index (χ4n) is 1.70. The van der Waals surface area contributed by atoms with Crippen molar-refractivity contribution in [2.45, 2.75) is 33.2 Å². The lowest BCUT2D eigenvalue weighted by molar-refractivity contribution is -0.125. The third-order valence-electron chi connectivity index (χ3n) is 2.77. The molecule has 0 aliphatic heterocycles. The molecule has 0 heterocycles. The summed E-state index contributed by atoms with van der Waals surface area (Å²) in [6, 6.07) is 7.58. The van der Waals surface area contributed by atoms with Gasteiger partial charge in [-0.25, -0.2) is 0 Å². The lowest BCUT2D eigenvalue weighted by atomic mass is 10.0. The predicted molar refractivity (Wildman–Crippen MR) is 66.8 cm³/mol. The van der Waals surface area contributed by atoms with Crippen LogP contribution in [0, 0.1) is 5.92 Å². The minimum absolute atomic E-state index is 0.126. The second-order valence-corrected chi connectivity index (χ2v) is 3.98. The summed E-state index contributed by atoms with van der Waals surface area (Å²) in [6.07, 6.45) is 1.78. The normalized spacial score (nSPS) is 10.4. The van der Waals surface area contributed by atoms with Gasteiger partial charge < -0.3 is 11.1 Å². The Balaban J connectivity index is 2.48. The average Bonchev–Trinajstić information content (AvgIpc) is 2.28. The summed E-state index contributed by atoms with van der Waals surface area (Å²) in [5.41, 5.74) is 7.44. The van der Waals surface area contributed by atoms with E-state index in [2.05, 4.69) is 5.32 Å². The number of anilines is 1. The van der Waals surface area contributed by atoms with Gasteiger partial charge in [-0.3, -0.25) is 4.79 Å². The molecule has 1 rings (SSSR count). The number of rotatable bonds is 5. The molecule has 0 fully saturated rings. The fraction of sp³-hybridized carbons (Fsp3) is 0.462. The first-order valence-corrected chi connectivity index (χ1v) is 5.79. The van der Waals surface area contributed by atoms with Crippen LogP contribution in [0.5, 0.6) is 0 Å². The van der Waals surface area contributed by atoms with E-state index in [9.17, 15) is 4.79 Å². The first-order chi connectivity index (χ1) is 7.67. The van der Waals surface area contributed by atoms with Crippen molar-refractivity contribution >= 4 is 11.6 Å². The van der Waals surface area contributed by atoms with Crippen molar-refractivity contribution in [2.24, 2.45) is 5.92 Å². The first-order valence-electron chi connectivity index (χ1n) is 5.79. The van der Waals surface area contributed by atoms with E-state index in [0.717, 1.165) is 24.1 Å². The Kier molecular flexibility index (Phi) is 4.83. The molecule has 3 heteroatoms. The molecule has 0 unspecified atom stereocenters. The number of carbonyl (C=O) groups is 1. The van der Waals surface area contributed by atoms with Crippen molar-refractivity contribution in [1.29, 1.82) is 0 Å². The number of hydrogen-bond acceptors (Lipinski definition) is 2. The molecule has 0 saturated heterocycles. The van der Waals surface area contributed by atoms with Gasteiger partial charge in [0.25, 0.3) is 0 Å². The van der Waals surface area contributed by atoms with Crippen LogP contribution in [0.4, 0.5) is 5.69 Å². The van der Waals surface area contributed by atoms with Crippen molar-refractivity contribution in [3.05, 3.63) is 29.8 Å². The first kappa shape index (κ1) is 12.6. The zero-order valence-electron chi connectivity index (χ0n) is 9.99. The Labute approximate surface area is 97.0 Å². The van der Waals surface area contributed by atoms with Crippen LogP contribution in [0.1, 0.15) is 32.3 Å². The molecule has 3 nitrogen and oxygen atoms in total. The van der Waals surface area contributed by atoms with E-state index in [1.165, 1.54) is 0 Å². The Bertz CT molecular complexity index is 346. The van der Waals surface area contributed by atoms with Crippen LogP contribution in [-0.2, 0) is 11.3 Å². The smallest absolute Gasteiger partial charge is 0.223 e. The fourth-order valence-corrected chi connectivity index (χ4v) is 1.70. The van der Waals surface area contributed by atoms with Gasteiger partial charge in [-0.2, -0.15) is 0 Å². The zero-order chi connectivity index (χ0) is 12.0. The van der Waals surface area contributed by atoms with E-state index >= 15 is 0 Å². The topological polar surface area (TPSA) is 55.1 Å². The second kappa shape index (κ2) is 6.16. The molecule has 0 saturated carbocycles. The van der Waals surface area contributed by atoms with Gasteiger partial charge >= 0.3 is 0 Å². The Hall–Kier alpha value is -1.51. The quantitative estimate of drug-likeness (QED) is 0.748. The number of hydrogen-bond donors (Lipinski definition) is 2. The Morgan fingerprint density at radius 2 is 2.06 bits per heavy atom. The van der Waals surface area contributed by atoms with Crippen LogP contribution in [0.3, 0.4) is 0 Å². The summed E-state index contributed by atoms with van der Waals surface area (Å²) < 4.78 is 0. The van der Waals surface area contributed by atoms with Gasteiger partial charge in [0.15, 0.2) is 0 Å². The molecule has 1 amide bonds. The van der Waals surface area contributed by atoms with E-state index < -0.39 is 0 Å². The Morgan fingerprint density at radius 1 is 1.38 bits per heavy atom. The lowest BCUT2D eigenvalue weighted by Gasteiger charge is -2.12. The number of nitrogen functional groups attached to an aromatic ring is 1. The minimum Gasteiger partial charge on any atom is -0.399 e. The summed E-state index contributed by atoms with van der Waals surface area (Å²) in [5, 5.41) is 2.93. The van der Waals surface area contributed by atoms with Crippen molar-refractivity contribution in [3.8, 4) is 0 Å². The van der Waals surface area contributed by atoms with E-state index in [1.807, 2.05) is 38.1 Å². The van der Waals surface area contributed by atoms with E-state index in [1.54, 1.807) is 0 Å². The predicted octanol–water partition coefficient (Wildman–Crippen LogP) is 2.32. The maximum absolute atomic E-state index is 11.7. The highest BCUT2D eigenvalue weighted by atomic mass is 16.1. The van der Waals surface area contributed by atoms with Crippen molar-refractivity contribution in [2.75, 3.05) is 5.73 Å². The SMILES string of the molecule is CCC(CC)C(=O)NCc1cccc(N)c1. The molecule has 0 aromatic heterocycles. The summed E-state index contributed by atoms with van der Waals surface area (Å²) >= 11 is 0. The minimum atomic E-state index is 0.126. The number of nitrogens with two attached hydrogens (primary N) is 1. The zero-order valence-corrected chi connectivity index (χ0v) is 9.99. The van der Waals surface area contributed by atoms with E-state index in [4.69, 9.17) is 5.73 Å². The highest BCUT2D eigenvalue weighted by Crippen LogP contribution is 2.09. The molecule has 0 atom stereocenters. The van der Waals surface area contributed by atoms with E-state index in [0.29, 0.717) is 6.54 Å². The number of carbonyl (C=O) groups excluding carboxylic acids is 1. The van der Waals surface area contributed by atoms with Crippen LogP contribution in [-0.4, -0.2) is 5.91 Å². The van der Waals surface area contributed by atoms with Gasteiger partial charge in [0.1, 0.15) is 0 Å². The number of amides is 1. The molecule has 0 aliphatic rings. The van der Waals surface area contributed by atoms with Gasteiger partial charge in [-0.15, -0.1) is 0 Å². The summed E-state index contributed by atoms with van der Waals surface area (Å²) in [6.45, 7) is 4.63. The highest BCUT2D eigenvalue weighted by Gasteiger charge is 2.12. The van der Waals surface area contributed by atoms with Crippen molar-refractivity contribution in [1.82, 2.24) is 5.32 Å². The molecule has 0 bridgehead atoms. The number of nitrogens with one attached hydrogen (secondary N) is 1. The van der Waals surface area contributed by atoms with Crippen molar-refractivity contribution in [3.63, 3.8) is 0 Å². The molecular weight excluding hydrogens is 200 g/mol. The Morgan fingerprint density at radius 3 is 2.62 bits per heavy atom. The maximum atomic E-state index is 11.7.